The number of aryl methyl sites for hydroxylation is 1. The highest BCUT2D eigenvalue weighted by Gasteiger charge is 2.12. The quantitative estimate of drug-likeness (QED) is 0.642. The van der Waals surface area contributed by atoms with Gasteiger partial charge in [0.05, 0.1) is 18.3 Å². The molecule has 0 atom stereocenters. The van der Waals surface area contributed by atoms with Crippen LogP contribution in [-0.4, -0.2) is 29.4 Å². The van der Waals surface area contributed by atoms with Crippen LogP contribution < -0.4 is 5.43 Å². The highest BCUT2D eigenvalue weighted by atomic mass is 32.2. The minimum atomic E-state index is -0.00405. The zero-order valence-corrected chi connectivity index (χ0v) is 15.9. The molecule has 4 nitrogen and oxygen atoms in total. The van der Waals surface area contributed by atoms with Crippen molar-refractivity contribution in [1.82, 2.24) is 4.90 Å². The highest BCUT2D eigenvalue weighted by molar-refractivity contribution is 7.98. The predicted molar refractivity (Wildman–Crippen MR) is 107 cm³/mol. The van der Waals surface area contributed by atoms with Crippen LogP contribution in [0.1, 0.15) is 16.7 Å². The molecule has 0 radical (unpaired) electrons. The Morgan fingerprint density at radius 2 is 1.88 bits per heavy atom. The molecular formula is C21H23NO3S. The lowest BCUT2D eigenvalue weighted by molar-refractivity contribution is 0.183. The van der Waals surface area contributed by atoms with Gasteiger partial charge in [-0.05, 0) is 43.0 Å². The molecule has 2 aromatic carbocycles. The molecule has 0 aliphatic carbocycles. The molecule has 0 saturated carbocycles. The minimum Gasteiger partial charge on any atom is -0.464 e. The first-order valence-corrected chi connectivity index (χ1v) is 9.80. The Morgan fingerprint density at radius 1 is 1.12 bits per heavy atom. The summed E-state index contributed by atoms with van der Waals surface area (Å²) in [5.41, 5.74) is 3.39. The van der Waals surface area contributed by atoms with E-state index in [9.17, 15) is 9.90 Å². The first-order valence-electron chi connectivity index (χ1n) is 8.58. The van der Waals surface area contributed by atoms with E-state index in [1.807, 2.05) is 31.4 Å². The van der Waals surface area contributed by atoms with Crippen LogP contribution in [0.4, 0.5) is 0 Å². The SMILES string of the molecule is CSc1ccc(CN(CCO)Cc2coc3ccc(C)cc3c2=O)cc1. The molecule has 3 aromatic rings. The summed E-state index contributed by atoms with van der Waals surface area (Å²) in [7, 11) is 0. The average Bonchev–Trinajstić information content (AvgIpc) is 2.65. The molecule has 0 amide bonds. The minimum absolute atomic E-state index is 0.00405. The molecule has 0 spiro atoms. The second-order valence-electron chi connectivity index (χ2n) is 6.37. The van der Waals surface area contributed by atoms with Crippen molar-refractivity contribution in [2.24, 2.45) is 0 Å². The molecule has 0 aliphatic rings. The number of hydrogen-bond donors (Lipinski definition) is 1. The van der Waals surface area contributed by atoms with E-state index < -0.39 is 0 Å². The number of aliphatic hydroxyl groups excluding tert-OH is 1. The zero-order chi connectivity index (χ0) is 18.5. The maximum atomic E-state index is 12.8. The summed E-state index contributed by atoms with van der Waals surface area (Å²) in [4.78, 5) is 16.1. The van der Waals surface area contributed by atoms with Crippen LogP contribution >= 0.6 is 11.8 Å². The molecule has 3 rings (SSSR count). The number of nitrogens with zero attached hydrogens (tertiary/aromatic N) is 1. The van der Waals surface area contributed by atoms with Crippen molar-refractivity contribution < 1.29 is 9.52 Å². The van der Waals surface area contributed by atoms with Crippen LogP contribution in [-0.2, 0) is 13.1 Å². The van der Waals surface area contributed by atoms with Gasteiger partial charge in [0.15, 0.2) is 5.43 Å². The van der Waals surface area contributed by atoms with Gasteiger partial charge in [-0.3, -0.25) is 9.69 Å². The summed E-state index contributed by atoms with van der Waals surface area (Å²) in [5, 5.41) is 10.0. The van der Waals surface area contributed by atoms with Crippen molar-refractivity contribution in [2.75, 3.05) is 19.4 Å². The molecule has 1 N–H and O–H groups in total. The number of thioether (sulfide) groups is 1. The normalized spacial score (nSPS) is 11.4. The van der Waals surface area contributed by atoms with E-state index >= 15 is 0 Å². The van der Waals surface area contributed by atoms with E-state index in [1.165, 1.54) is 4.90 Å². The van der Waals surface area contributed by atoms with E-state index in [4.69, 9.17) is 4.42 Å². The van der Waals surface area contributed by atoms with Crippen molar-refractivity contribution >= 4 is 22.7 Å². The van der Waals surface area contributed by atoms with Gasteiger partial charge in [0.2, 0.25) is 0 Å². The van der Waals surface area contributed by atoms with Crippen molar-refractivity contribution in [3.63, 3.8) is 0 Å². The number of fused-ring (bicyclic) bond motifs is 1. The van der Waals surface area contributed by atoms with Crippen LogP contribution in [0, 0.1) is 6.92 Å². The lowest BCUT2D eigenvalue weighted by Gasteiger charge is -2.21. The van der Waals surface area contributed by atoms with Crippen LogP contribution in [0.25, 0.3) is 11.0 Å². The monoisotopic (exact) mass is 369 g/mol. The maximum Gasteiger partial charge on any atom is 0.197 e. The number of hydrogen-bond acceptors (Lipinski definition) is 5. The van der Waals surface area contributed by atoms with Gasteiger partial charge in [-0.1, -0.05) is 23.8 Å². The van der Waals surface area contributed by atoms with Gasteiger partial charge in [-0.2, -0.15) is 0 Å². The summed E-state index contributed by atoms with van der Waals surface area (Å²) in [6.45, 7) is 3.61. The van der Waals surface area contributed by atoms with Crippen LogP contribution in [0.2, 0.25) is 0 Å². The molecule has 1 heterocycles. The third-order valence-corrected chi connectivity index (χ3v) is 5.12. The topological polar surface area (TPSA) is 53.7 Å². The largest absolute Gasteiger partial charge is 0.464 e. The van der Waals surface area contributed by atoms with E-state index in [1.54, 1.807) is 18.0 Å². The second kappa shape index (κ2) is 8.54. The van der Waals surface area contributed by atoms with Gasteiger partial charge in [0.1, 0.15) is 5.58 Å². The first kappa shape index (κ1) is 18.7. The van der Waals surface area contributed by atoms with Crippen molar-refractivity contribution in [3.05, 3.63) is 75.6 Å². The summed E-state index contributed by atoms with van der Waals surface area (Å²) in [5.74, 6) is 0. The molecule has 0 fully saturated rings. The van der Waals surface area contributed by atoms with Crippen molar-refractivity contribution in [1.29, 1.82) is 0 Å². The molecule has 1 aromatic heterocycles. The third-order valence-electron chi connectivity index (χ3n) is 4.37. The van der Waals surface area contributed by atoms with E-state index in [0.717, 1.165) is 11.1 Å². The van der Waals surface area contributed by atoms with E-state index in [0.29, 0.717) is 36.2 Å². The van der Waals surface area contributed by atoms with Crippen molar-refractivity contribution in [2.45, 2.75) is 24.9 Å². The number of rotatable bonds is 7. The second-order valence-corrected chi connectivity index (χ2v) is 7.25. The molecule has 0 aliphatic heterocycles. The van der Waals surface area contributed by atoms with E-state index in [2.05, 4.69) is 29.2 Å². The lowest BCUT2D eigenvalue weighted by Crippen LogP contribution is -2.28. The Hall–Kier alpha value is -2.08. The molecule has 0 saturated heterocycles. The Morgan fingerprint density at radius 3 is 2.58 bits per heavy atom. The average molecular weight is 369 g/mol. The standard InChI is InChI=1S/C21H23NO3S/c1-15-3-8-20-19(11-15)21(24)17(14-25-20)13-22(9-10-23)12-16-4-6-18(26-2)7-5-16/h3-8,11,14,23H,9-10,12-13H2,1-2H3. The van der Waals surface area contributed by atoms with Gasteiger partial charge >= 0.3 is 0 Å². The van der Waals surface area contributed by atoms with Gasteiger partial charge < -0.3 is 9.52 Å². The molecule has 0 bridgehead atoms. The van der Waals surface area contributed by atoms with Gasteiger partial charge in [-0.25, -0.2) is 0 Å². The summed E-state index contributed by atoms with van der Waals surface area (Å²) in [6, 6.07) is 14.0. The van der Waals surface area contributed by atoms with E-state index in [-0.39, 0.29) is 12.0 Å². The summed E-state index contributed by atoms with van der Waals surface area (Å²) in [6.07, 6.45) is 3.59. The smallest absolute Gasteiger partial charge is 0.197 e. The van der Waals surface area contributed by atoms with Crippen LogP contribution in [0.5, 0.6) is 0 Å². The van der Waals surface area contributed by atoms with Gasteiger partial charge in [-0.15, -0.1) is 11.8 Å². The fraction of sp³-hybridized carbons (Fsp3) is 0.286. The number of benzene rings is 2. The zero-order valence-electron chi connectivity index (χ0n) is 15.1. The maximum absolute atomic E-state index is 12.8. The fourth-order valence-electron chi connectivity index (χ4n) is 2.98. The Bertz CT molecular complexity index is 934. The fourth-order valence-corrected chi connectivity index (χ4v) is 3.39. The molecule has 136 valence electrons. The molecule has 5 heteroatoms. The first-order chi connectivity index (χ1) is 12.6. The Labute approximate surface area is 157 Å². The molecule has 0 unspecified atom stereocenters. The molecular weight excluding hydrogens is 346 g/mol. The van der Waals surface area contributed by atoms with Gasteiger partial charge in [0, 0.05) is 30.1 Å². The summed E-state index contributed by atoms with van der Waals surface area (Å²) < 4.78 is 5.65. The van der Waals surface area contributed by atoms with Crippen molar-refractivity contribution in [3.8, 4) is 0 Å². The Kier molecular flexibility index (Phi) is 6.14. The highest BCUT2D eigenvalue weighted by Crippen LogP contribution is 2.17. The van der Waals surface area contributed by atoms with Crippen LogP contribution in [0.15, 0.2) is 62.8 Å². The third kappa shape index (κ3) is 4.36. The van der Waals surface area contributed by atoms with Crippen LogP contribution in [0.3, 0.4) is 0 Å². The van der Waals surface area contributed by atoms with Gasteiger partial charge in [0.25, 0.3) is 0 Å². The predicted octanol–water partition coefficient (Wildman–Crippen LogP) is 3.82. The lowest BCUT2D eigenvalue weighted by atomic mass is 10.1. The Balaban J connectivity index is 1.84. The summed E-state index contributed by atoms with van der Waals surface area (Å²) >= 11 is 1.71. The molecule has 26 heavy (non-hydrogen) atoms. The number of aliphatic hydroxyl groups is 1.